The number of fused-ring (bicyclic) bond motifs is 1. The van der Waals surface area contributed by atoms with Crippen molar-refractivity contribution in [3.05, 3.63) is 94.4 Å². The maximum Gasteiger partial charge on any atom is 0.349 e. The molecule has 0 unspecified atom stereocenters. The SMILES string of the molecule is C=CC(=O)NCCCC[C@H](CC(=O)OCc1ccccc1)C(=O)N1CCN(C(=O)c2cc3ccc(C)cc3oc2=O)CC1. The normalized spacial score (nSPS) is 13.8. The first-order chi connectivity index (χ1) is 20.7. The molecule has 0 aliphatic carbocycles. The number of nitrogens with one attached hydrogen (secondary N) is 1. The molecule has 10 nitrogen and oxygen atoms in total. The summed E-state index contributed by atoms with van der Waals surface area (Å²) >= 11 is 0. The number of benzene rings is 2. The highest BCUT2D eigenvalue weighted by molar-refractivity contribution is 5.97. The smallest absolute Gasteiger partial charge is 0.349 e. The lowest BCUT2D eigenvalue weighted by Gasteiger charge is -2.36. The van der Waals surface area contributed by atoms with Gasteiger partial charge < -0.3 is 24.3 Å². The van der Waals surface area contributed by atoms with E-state index in [0.29, 0.717) is 36.8 Å². The van der Waals surface area contributed by atoms with E-state index >= 15 is 0 Å². The Kier molecular flexibility index (Phi) is 10.9. The number of piperazine rings is 1. The Balaban J connectivity index is 1.36. The van der Waals surface area contributed by atoms with Gasteiger partial charge in [-0.1, -0.05) is 55.5 Å². The summed E-state index contributed by atoms with van der Waals surface area (Å²) in [6, 6.07) is 16.3. The Morgan fingerprint density at radius 2 is 1.72 bits per heavy atom. The second-order valence-corrected chi connectivity index (χ2v) is 10.6. The zero-order chi connectivity index (χ0) is 30.8. The highest BCUT2D eigenvalue weighted by Crippen LogP contribution is 2.21. The number of nitrogens with zero attached hydrogens (tertiary/aromatic N) is 2. The van der Waals surface area contributed by atoms with Crippen LogP contribution in [0.4, 0.5) is 0 Å². The molecular weight excluding hydrogens is 550 g/mol. The quantitative estimate of drug-likeness (QED) is 0.149. The summed E-state index contributed by atoms with van der Waals surface area (Å²) in [6.07, 6.45) is 2.84. The predicted octanol–water partition coefficient (Wildman–Crippen LogP) is 3.61. The molecule has 0 spiro atoms. The Morgan fingerprint density at radius 1 is 1.00 bits per heavy atom. The summed E-state index contributed by atoms with van der Waals surface area (Å²) in [7, 11) is 0. The zero-order valence-corrected chi connectivity index (χ0v) is 24.4. The Labute approximate surface area is 250 Å². The molecule has 1 aliphatic heterocycles. The number of hydrogen-bond donors (Lipinski definition) is 1. The fourth-order valence-electron chi connectivity index (χ4n) is 5.04. The van der Waals surface area contributed by atoms with Crippen LogP contribution in [-0.4, -0.2) is 66.2 Å². The van der Waals surface area contributed by atoms with E-state index in [4.69, 9.17) is 9.15 Å². The summed E-state index contributed by atoms with van der Waals surface area (Å²) in [4.78, 5) is 66.7. The van der Waals surface area contributed by atoms with Crippen molar-refractivity contribution in [3.8, 4) is 0 Å². The maximum absolute atomic E-state index is 13.6. The van der Waals surface area contributed by atoms with Gasteiger partial charge in [0, 0.05) is 44.0 Å². The van der Waals surface area contributed by atoms with Crippen molar-refractivity contribution in [1.29, 1.82) is 0 Å². The topological polar surface area (TPSA) is 126 Å². The van der Waals surface area contributed by atoms with Crippen molar-refractivity contribution in [2.75, 3.05) is 32.7 Å². The third-order valence-corrected chi connectivity index (χ3v) is 7.47. The average molecular weight is 588 g/mol. The number of amides is 3. The summed E-state index contributed by atoms with van der Waals surface area (Å²) in [5.41, 5.74) is 1.48. The predicted molar refractivity (Wildman–Crippen MR) is 161 cm³/mol. The summed E-state index contributed by atoms with van der Waals surface area (Å²) in [6.45, 7) is 6.91. The number of aryl methyl sites for hydroxylation is 1. The van der Waals surface area contributed by atoms with E-state index in [1.165, 1.54) is 6.08 Å². The van der Waals surface area contributed by atoms with E-state index in [-0.39, 0.29) is 56.6 Å². The number of rotatable bonds is 12. The molecule has 10 heteroatoms. The maximum atomic E-state index is 13.6. The van der Waals surface area contributed by atoms with Crippen molar-refractivity contribution >= 4 is 34.7 Å². The van der Waals surface area contributed by atoms with Crippen molar-refractivity contribution < 1.29 is 28.3 Å². The van der Waals surface area contributed by atoms with Gasteiger partial charge in [-0.05, 0) is 49.1 Å². The molecule has 43 heavy (non-hydrogen) atoms. The molecule has 0 radical (unpaired) electrons. The highest BCUT2D eigenvalue weighted by Gasteiger charge is 2.31. The average Bonchev–Trinajstić information content (AvgIpc) is 3.02. The molecule has 2 heterocycles. The van der Waals surface area contributed by atoms with Crippen LogP contribution >= 0.6 is 0 Å². The van der Waals surface area contributed by atoms with Gasteiger partial charge >= 0.3 is 11.6 Å². The van der Waals surface area contributed by atoms with Gasteiger partial charge in [-0.2, -0.15) is 0 Å². The van der Waals surface area contributed by atoms with Crippen molar-refractivity contribution in [2.24, 2.45) is 5.92 Å². The van der Waals surface area contributed by atoms with Gasteiger partial charge in [-0.15, -0.1) is 0 Å². The minimum absolute atomic E-state index is 0.0429. The molecular formula is C33H37N3O7. The van der Waals surface area contributed by atoms with Crippen LogP contribution in [0.5, 0.6) is 0 Å². The van der Waals surface area contributed by atoms with E-state index in [9.17, 15) is 24.0 Å². The lowest BCUT2D eigenvalue weighted by atomic mass is 9.96. The molecule has 1 atom stereocenters. The van der Waals surface area contributed by atoms with Crippen LogP contribution in [0.2, 0.25) is 0 Å². The van der Waals surface area contributed by atoms with Gasteiger partial charge in [0.25, 0.3) is 5.91 Å². The summed E-state index contributed by atoms with van der Waals surface area (Å²) in [5, 5.41) is 3.37. The van der Waals surface area contributed by atoms with Crippen LogP contribution in [0, 0.1) is 12.8 Å². The lowest BCUT2D eigenvalue weighted by molar-refractivity contribution is -0.150. The standard InChI is InChI=1S/C33H37N3O7/c1-3-29(37)34-14-8-7-11-26(21-30(38)42-22-24-9-5-4-6-10-24)31(39)35-15-17-36(18-16-35)32(40)27-20-25-13-12-23(2)19-28(25)43-33(27)41/h3-6,9-10,12-13,19-20,26H,1,7-8,11,14-18,21-22H2,2H3,(H,34,37)/t26-/m1/s1. The van der Waals surface area contributed by atoms with Crippen LogP contribution in [0.25, 0.3) is 11.0 Å². The molecule has 1 saturated heterocycles. The van der Waals surface area contributed by atoms with E-state index in [1.807, 2.05) is 43.3 Å². The third-order valence-electron chi connectivity index (χ3n) is 7.47. The number of carbonyl (C=O) groups is 4. The molecule has 1 N–H and O–H groups in total. The second-order valence-electron chi connectivity index (χ2n) is 10.6. The van der Waals surface area contributed by atoms with Crippen LogP contribution < -0.4 is 10.9 Å². The van der Waals surface area contributed by atoms with Crippen molar-refractivity contribution in [2.45, 2.75) is 39.2 Å². The molecule has 3 amide bonds. The molecule has 3 aromatic rings. The first-order valence-electron chi connectivity index (χ1n) is 14.5. The monoisotopic (exact) mass is 587 g/mol. The fraction of sp³-hybridized carbons (Fsp3) is 0.364. The zero-order valence-electron chi connectivity index (χ0n) is 24.4. The van der Waals surface area contributed by atoms with Crippen LogP contribution in [0.3, 0.4) is 0 Å². The Bertz CT molecular complexity index is 1520. The van der Waals surface area contributed by atoms with E-state index in [0.717, 1.165) is 11.1 Å². The molecule has 2 aromatic carbocycles. The number of unbranched alkanes of at least 4 members (excludes halogenated alkanes) is 1. The summed E-state index contributed by atoms with van der Waals surface area (Å²) in [5.74, 6) is -1.95. The van der Waals surface area contributed by atoms with Crippen molar-refractivity contribution in [3.63, 3.8) is 0 Å². The molecule has 1 aliphatic rings. The molecule has 1 aromatic heterocycles. The number of esters is 1. The van der Waals surface area contributed by atoms with Crippen LogP contribution in [-0.2, 0) is 25.7 Å². The molecule has 1 fully saturated rings. The number of hydrogen-bond acceptors (Lipinski definition) is 7. The fourth-order valence-corrected chi connectivity index (χ4v) is 5.04. The molecule has 0 bridgehead atoms. The minimum atomic E-state index is -0.694. The Hall–Kier alpha value is -4.73. The molecule has 226 valence electrons. The van der Waals surface area contributed by atoms with E-state index in [2.05, 4.69) is 11.9 Å². The van der Waals surface area contributed by atoms with Crippen LogP contribution in [0.1, 0.15) is 47.2 Å². The second kappa shape index (κ2) is 14.9. The number of ether oxygens (including phenoxy) is 1. The summed E-state index contributed by atoms with van der Waals surface area (Å²) < 4.78 is 10.8. The van der Waals surface area contributed by atoms with Gasteiger partial charge in [0.2, 0.25) is 11.8 Å². The third kappa shape index (κ3) is 8.64. The van der Waals surface area contributed by atoms with E-state index < -0.39 is 23.4 Å². The highest BCUT2D eigenvalue weighted by atomic mass is 16.5. The van der Waals surface area contributed by atoms with Crippen LogP contribution in [0.15, 0.2) is 76.5 Å². The van der Waals surface area contributed by atoms with E-state index in [1.54, 1.807) is 28.0 Å². The largest absolute Gasteiger partial charge is 0.461 e. The lowest BCUT2D eigenvalue weighted by Crippen LogP contribution is -2.52. The minimum Gasteiger partial charge on any atom is -0.461 e. The van der Waals surface area contributed by atoms with Crippen molar-refractivity contribution in [1.82, 2.24) is 15.1 Å². The Morgan fingerprint density at radius 3 is 2.44 bits per heavy atom. The van der Waals surface area contributed by atoms with Gasteiger partial charge in [-0.3, -0.25) is 19.2 Å². The van der Waals surface area contributed by atoms with Gasteiger partial charge in [0.1, 0.15) is 17.8 Å². The first kappa shape index (κ1) is 31.2. The first-order valence-corrected chi connectivity index (χ1v) is 14.5. The van der Waals surface area contributed by atoms with Gasteiger partial charge in [-0.25, -0.2) is 4.79 Å². The molecule has 4 rings (SSSR count). The van der Waals surface area contributed by atoms with Gasteiger partial charge in [0.15, 0.2) is 0 Å². The molecule has 0 saturated carbocycles. The van der Waals surface area contributed by atoms with Gasteiger partial charge in [0.05, 0.1) is 6.42 Å². The number of carbonyl (C=O) groups excluding carboxylic acids is 4.